The van der Waals surface area contributed by atoms with Crippen LogP contribution in [0.4, 0.5) is 0 Å². The third-order valence-corrected chi connectivity index (χ3v) is 1.62. The Morgan fingerprint density at radius 2 is 2.40 bits per heavy atom. The van der Waals surface area contributed by atoms with Gasteiger partial charge in [0.05, 0.1) is 0 Å². The van der Waals surface area contributed by atoms with Gasteiger partial charge in [-0.3, -0.25) is 0 Å². The lowest BCUT2D eigenvalue weighted by Gasteiger charge is -1.78. The van der Waals surface area contributed by atoms with E-state index in [4.69, 9.17) is 0 Å². The van der Waals surface area contributed by atoms with Gasteiger partial charge >= 0.3 is 0 Å². The summed E-state index contributed by atoms with van der Waals surface area (Å²) in [5.74, 6) is 0. The van der Waals surface area contributed by atoms with Gasteiger partial charge in [0.2, 0.25) is 0 Å². The molecule has 0 fully saturated rings. The first-order valence-electron chi connectivity index (χ1n) is 2.64. The molecule has 2 aromatic heterocycles. The Labute approximate surface area is 60.6 Å². The van der Waals surface area contributed by atoms with Crippen molar-refractivity contribution in [2.24, 2.45) is 0 Å². The molecule has 0 amide bonds. The lowest BCUT2D eigenvalue weighted by atomic mass is 10.3. The summed E-state index contributed by atoms with van der Waals surface area (Å²) in [5, 5.41) is 8.88. The maximum atomic E-state index is 4.54. The Bertz CT molecular complexity index is 256. The molecular formula is C5H3N3OS. The van der Waals surface area contributed by atoms with Gasteiger partial charge in [0.25, 0.3) is 0 Å². The van der Waals surface area contributed by atoms with E-state index in [0.29, 0.717) is 5.69 Å². The van der Waals surface area contributed by atoms with E-state index in [1.54, 1.807) is 0 Å². The molecule has 2 aromatic rings. The highest BCUT2D eigenvalue weighted by Crippen LogP contribution is 2.13. The second-order valence-electron chi connectivity index (χ2n) is 1.67. The van der Waals surface area contributed by atoms with Crippen molar-refractivity contribution in [3.63, 3.8) is 0 Å². The van der Waals surface area contributed by atoms with Crippen LogP contribution in [0.1, 0.15) is 0 Å². The van der Waals surface area contributed by atoms with Crippen LogP contribution in [0.3, 0.4) is 0 Å². The average molecular weight is 153 g/mol. The molecule has 0 radical (unpaired) electrons. The fourth-order valence-corrected chi connectivity index (χ4v) is 1.14. The van der Waals surface area contributed by atoms with Gasteiger partial charge < -0.3 is 4.52 Å². The van der Waals surface area contributed by atoms with E-state index in [1.807, 2.05) is 11.4 Å². The zero-order chi connectivity index (χ0) is 6.81. The van der Waals surface area contributed by atoms with Gasteiger partial charge in [0, 0.05) is 10.7 Å². The molecule has 50 valence electrons. The van der Waals surface area contributed by atoms with Crippen molar-refractivity contribution in [1.29, 1.82) is 0 Å². The highest BCUT2D eigenvalue weighted by Gasteiger charge is 2.01. The van der Waals surface area contributed by atoms with Crippen LogP contribution in [0, 0.1) is 0 Å². The van der Waals surface area contributed by atoms with Gasteiger partial charge in [-0.2, -0.15) is 4.37 Å². The molecule has 2 rings (SSSR count). The summed E-state index contributed by atoms with van der Waals surface area (Å²) >= 11 is 1.38. The van der Waals surface area contributed by atoms with Gasteiger partial charge in [-0.1, -0.05) is 0 Å². The van der Waals surface area contributed by atoms with Crippen molar-refractivity contribution in [3.05, 3.63) is 17.7 Å². The van der Waals surface area contributed by atoms with Crippen LogP contribution in [0.5, 0.6) is 0 Å². The van der Waals surface area contributed by atoms with E-state index < -0.39 is 0 Å². The van der Waals surface area contributed by atoms with Crippen molar-refractivity contribution in [2.45, 2.75) is 0 Å². The summed E-state index contributed by atoms with van der Waals surface area (Å²) in [4.78, 5) is 0. The Morgan fingerprint density at radius 1 is 1.40 bits per heavy atom. The zero-order valence-electron chi connectivity index (χ0n) is 4.89. The zero-order valence-corrected chi connectivity index (χ0v) is 5.71. The molecule has 0 aliphatic heterocycles. The van der Waals surface area contributed by atoms with Gasteiger partial charge in [-0.15, -0.1) is 5.10 Å². The number of aromatic nitrogens is 3. The van der Waals surface area contributed by atoms with Crippen LogP contribution in [0.2, 0.25) is 0 Å². The molecule has 0 aromatic carbocycles. The van der Waals surface area contributed by atoms with Crippen molar-refractivity contribution >= 4 is 11.5 Å². The molecule has 0 N–H and O–H groups in total. The fourth-order valence-electron chi connectivity index (χ4n) is 0.621. The normalized spacial score (nSPS) is 10.0. The predicted octanol–water partition coefficient (Wildman–Crippen LogP) is 1.19. The van der Waals surface area contributed by atoms with Crippen LogP contribution in [0.25, 0.3) is 11.4 Å². The smallest absolute Gasteiger partial charge is 0.153 e. The number of hydrogen-bond acceptors (Lipinski definition) is 5. The van der Waals surface area contributed by atoms with Crippen LogP contribution < -0.4 is 0 Å². The van der Waals surface area contributed by atoms with E-state index in [2.05, 4.69) is 19.3 Å². The van der Waals surface area contributed by atoms with E-state index in [0.717, 1.165) is 5.69 Å². The summed E-state index contributed by atoms with van der Waals surface area (Å²) in [7, 11) is 0. The number of rotatable bonds is 1. The summed E-state index contributed by atoms with van der Waals surface area (Å²) in [5.41, 5.74) is 1.49. The molecular weight excluding hydrogens is 150 g/mol. The maximum Gasteiger partial charge on any atom is 0.153 e. The standard InChI is InChI=1S/C5H3N3OS/c1-2-10-7-4(1)5-3-9-8-6-5/h1-3H. The second-order valence-corrected chi connectivity index (χ2v) is 2.34. The predicted molar refractivity (Wildman–Crippen MR) is 35.4 cm³/mol. The first-order valence-corrected chi connectivity index (χ1v) is 3.48. The average Bonchev–Trinajstić information content (AvgIpc) is 2.59. The third-order valence-electron chi connectivity index (χ3n) is 1.06. The molecule has 0 aliphatic carbocycles. The highest BCUT2D eigenvalue weighted by atomic mass is 32.1. The first-order chi connectivity index (χ1) is 4.97. The quantitative estimate of drug-likeness (QED) is 0.617. The lowest BCUT2D eigenvalue weighted by Crippen LogP contribution is -1.74. The second kappa shape index (κ2) is 2.18. The summed E-state index contributed by atoms with van der Waals surface area (Å²) in [6, 6.07) is 1.87. The SMILES string of the molecule is c1cc(-c2conn2)ns1. The largest absolute Gasteiger partial charge is 0.345 e. The van der Waals surface area contributed by atoms with Gasteiger partial charge in [0.1, 0.15) is 5.69 Å². The summed E-state index contributed by atoms with van der Waals surface area (Å²) in [6.45, 7) is 0. The minimum Gasteiger partial charge on any atom is -0.345 e. The Kier molecular flexibility index (Phi) is 1.21. The summed E-state index contributed by atoms with van der Waals surface area (Å²) in [6.07, 6.45) is 1.47. The van der Waals surface area contributed by atoms with E-state index >= 15 is 0 Å². The number of hydrogen-bond donors (Lipinski definition) is 0. The van der Waals surface area contributed by atoms with Crippen molar-refractivity contribution in [1.82, 2.24) is 14.7 Å². The van der Waals surface area contributed by atoms with Gasteiger partial charge in [-0.05, 0) is 17.6 Å². The summed E-state index contributed by atoms with van der Waals surface area (Å²) < 4.78 is 8.58. The van der Waals surface area contributed by atoms with E-state index in [9.17, 15) is 0 Å². The first kappa shape index (κ1) is 5.55. The lowest BCUT2D eigenvalue weighted by molar-refractivity contribution is 0.393. The molecule has 0 bridgehead atoms. The van der Waals surface area contributed by atoms with Crippen molar-refractivity contribution in [3.8, 4) is 11.4 Å². The van der Waals surface area contributed by atoms with Gasteiger partial charge in [-0.25, -0.2) is 0 Å². The minimum atomic E-state index is 0.682. The molecule has 4 nitrogen and oxygen atoms in total. The third kappa shape index (κ3) is 0.801. The van der Waals surface area contributed by atoms with Crippen LogP contribution in [0.15, 0.2) is 22.2 Å². The molecule has 2 heterocycles. The van der Waals surface area contributed by atoms with Crippen molar-refractivity contribution < 1.29 is 4.52 Å². The Hall–Kier alpha value is -1.23. The van der Waals surface area contributed by atoms with Crippen LogP contribution in [-0.2, 0) is 0 Å². The van der Waals surface area contributed by atoms with Crippen molar-refractivity contribution in [2.75, 3.05) is 0 Å². The van der Waals surface area contributed by atoms with Crippen LogP contribution in [-0.4, -0.2) is 14.7 Å². The van der Waals surface area contributed by atoms with Crippen LogP contribution >= 0.6 is 11.5 Å². The molecule has 10 heavy (non-hydrogen) atoms. The Balaban J connectivity index is 2.48. The molecule has 0 saturated heterocycles. The molecule has 0 atom stereocenters. The van der Waals surface area contributed by atoms with E-state index in [1.165, 1.54) is 17.8 Å². The number of nitrogens with zero attached hydrogens (tertiary/aromatic N) is 3. The molecule has 0 unspecified atom stereocenters. The van der Waals surface area contributed by atoms with Gasteiger partial charge in [0.15, 0.2) is 12.0 Å². The maximum absolute atomic E-state index is 4.54. The molecule has 0 spiro atoms. The molecule has 5 heteroatoms. The highest BCUT2D eigenvalue weighted by molar-refractivity contribution is 7.03. The monoisotopic (exact) mass is 153 g/mol. The Morgan fingerprint density at radius 3 is 3.00 bits per heavy atom. The van der Waals surface area contributed by atoms with E-state index in [-0.39, 0.29) is 0 Å². The fraction of sp³-hybridized carbons (Fsp3) is 0. The topological polar surface area (TPSA) is 51.8 Å². The molecule has 0 aliphatic rings. The molecule has 0 saturated carbocycles. The minimum absolute atomic E-state index is 0.682.